The van der Waals surface area contributed by atoms with Crippen molar-refractivity contribution in [2.45, 2.75) is 12.5 Å². The summed E-state index contributed by atoms with van der Waals surface area (Å²) in [5.41, 5.74) is -0.116. The number of carboxylic acids is 1. The predicted octanol–water partition coefficient (Wildman–Crippen LogP) is 0.214. The van der Waals surface area contributed by atoms with Crippen LogP contribution in [0.2, 0.25) is 0 Å². The molecule has 4 nitrogen and oxygen atoms in total. The van der Waals surface area contributed by atoms with E-state index in [2.05, 4.69) is 0 Å². The second-order valence-electron chi connectivity index (χ2n) is 3.19. The Morgan fingerprint density at radius 3 is 2.50 bits per heavy atom. The van der Waals surface area contributed by atoms with Crippen LogP contribution in [-0.2, 0) is 9.53 Å². The number of ether oxygens (including phenoxy) is 1. The zero-order valence-corrected chi connectivity index (χ0v) is 8.06. The van der Waals surface area contributed by atoms with Crippen LogP contribution >= 0.6 is 12.4 Å². The van der Waals surface area contributed by atoms with Gasteiger partial charge in [-0.15, -0.1) is 12.4 Å². The predicted molar refractivity (Wildman–Crippen MR) is 46.7 cm³/mol. The smallest absolute Gasteiger partial charge is 0.317 e. The summed E-state index contributed by atoms with van der Waals surface area (Å²) >= 11 is 0. The lowest BCUT2D eigenvalue weighted by atomic mass is 9.97. The zero-order valence-electron chi connectivity index (χ0n) is 7.24. The number of hydrogen-bond donors (Lipinski definition) is 1. The number of carboxylic acid groups (broad SMARTS) is 1. The number of aliphatic carboxylic acids is 1. The van der Waals surface area contributed by atoms with E-state index in [1.165, 1.54) is 0 Å². The lowest BCUT2D eigenvalue weighted by molar-refractivity contribution is -0.149. The summed E-state index contributed by atoms with van der Waals surface area (Å²) in [6, 6.07) is 0. The molecule has 1 aliphatic rings. The molecule has 0 bridgehead atoms. The fourth-order valence-corrected chi connectivity index (χ4v) is 1.33. The van der Waals surface area contributed by atoms with Crippen molar-refractivity contribution in [2.24, 2.45) is 0 Å². The highest BCUT2D eigenvalue weighted by atomic mass is 35.5. The number of likely N-dealkylation sites (tertiary alicyclic amines) is 1. The maximum Gasteiger partial charge on any atom is 0.317 e. The van der Waals surface area contributed by atoms with E-state index in [4.69, 9.17) is 9.84 Å². The van der Waals surface area contributed by atoms with Crippen LogP contribution in [0.15, 0.2) is 0 Å². The second kappa shape index (κ2) is 4.07. The van der Waals surface area contributed by atoms with Gasteiger partial charge < -0.3 is 9.84 Å². The van der Waals surface area contributed by atoms with Crippen LogP contribution < -0.4 is 0 Å². The Kier molecular flexibility index (Phi) is 3.96. The lowest BCUT2D eigenvalue weighted by Crippen LogP contribution is -2.61. The topological polar surface area (TPSA) is 49.8 Å². The number of methoxy groups -OCH3 is 1. The second-order valence-corrected chi connectivity index (χ2v) is 3.19. The molecule has 0 aromatic heterocycles. The summed E-state index contributed by atoms with van der Waals surface area (Å²) < 4.78 is 5.15. The Morgan fingerprint density at radius 2 is 2.17 bits per heavy atom. The minimum atomic E-state index is -0.775. The molecule has 0 atom stereocenters. The van der Waals surface area contributed by atoms with E-state index in [-0.39, 0.29) is 24.6 Å². The summed E-state index contributed by atoms with van der Waals surface area (Å²) in [5, 5.41) is 8.41. The van der Waals surface area contributed by atoms with Crippen LogP contribution in [0.25, 0.3) is 0 Å². The van der Waals surface area contributed by atoms with E-state index >= 15 is 0 Å². The van der Waals surface area contributed by atoms with E-state index in [1.54, 1.807) is 7.11 Å². The first-order chi connectivity index (χ1) is 5.06. The van der Waals surface area contributed by atoms with Gasteiger partial charge in [0, 0.05) is 20.2 Å². The fraction of sp³-hybridized carbons (Fsp3) is 0.857. The first-order valence-corrected chi connectivity index (χ1v) is 3.55. The fourth-order valence-electron chi connectivity index (χ4n) is 1.33. The van der Waals surface area contributed by atoms with E-state index < -0.39 is 5.97 Å². The van der Waals surface area contributed by atoms with Crippen LogP contribution in [-0.4, -0.2) is 48.3 Å². The van der Waals surface area contributed by atoms with Crippen LogP contribution in [0, 0.1) is 0 Å². The molecule has 1 aliphatic heterocycles. The quantitative estimate of drug-likeness (QED) is 0.700. The van der Waals surface area contributed by atoms with Gasteiger partial charge in [0.25, 0.3) is 0 Å². The van der Waals surface area contributed by atoms with Crippen molar-refractivity contribution >= 4 is 18.4 Å². The van der Waals surface area contributed by atoms with Crippen LogP contribution in [0.4, 0.5) is 0 Å². The Hall–Kier alpha value is -0.320. The lowest BCUT2D eigenvalue weighted by Gasteiger charge is -2.46. The third kappa shape index (κ3) is 2.62. The first kappa shape index (κ1) is 11.7. The zero-order chi connectivity index (χ0) is 8.48. The van der Waals surface area contributed by atoms with Gasteiger partial charge in [-0.3, -0.25) is 9.69 Å². The van der Waals surface area contributed by atoms with Crippen LogP contribution in [0.3, 0.4) is 0 Å². The molecule has 12 heavy (non-hydrogen) atoms. The van der Waals surface area contributed by atoms with E-state index in [0.717, 1.165) is 13.1 Å². The summed E-state index contributed by atoms with van der Waals surface area (Å²) in [6.45, 7) is 3.54. The number of halogens is 1. The van der Waals surface area contributed by atoms with Gasteiger partial charge in [0.1, 0.15) is 0 Å². The van der Waals surface area contributed by atoms with Crippen molar-refractivity contribution in [2.75, 3.05) is 26.7 Å². The normalized spacial score (nSPS) is 20.8. The Labute approximate surface area is 77.9 Å². The molecule has 0 radical (unpaired) electrons. The van der Waals surface area contributed by atoms with Crippen molar-refractivity contribution in [1.29, 1.82) is 0 Å². The van der Waals surface area contributed by atoms with Crippen LogP contribution in [0.1, 0.15) is 6.92 Å². The SMILES string of the molecule is COC1(C)CN(CC(=O)O)C1.Cl. The van der Waals surface area contributed by atoms with Gasteiger partial charge in [0.15, 0.2) is 0 Å². The Balaban J connectivity index is 0.00000121. The van der Waals surface area contributed by atoms with Crippen LogP contribution in [0.5, 0.6) is 0 Å². The molecule has 1 fully saturated rings. The highest BCUT2D eigenvalue weighted by Crippen LogP contribution is 2.22. The molecular weight excluding hydrogens is 182 g/mol. The van der Waals surface area contributed by atoms with Crippen molar-refractivity contribution < 1.29 is 14.6 Å². The number of rotatable bonds is 3. The van der Waals surface area contributed by atoms with Gasteiger partial charge in [-0.1, -0.05) is 0 Å². The van der Waals surface area contributed by atoms with Gasteiger partial charge in [0.05, 0.1) is 12.1 Å². The summed E-state index contributed by atoms with van der Waals surface area (Å²) in [7, 11) is 1.65. The maximum atomic E-state index is 10.2. The first-order valence-electron chi connectivity index (χ1n) is 3.55. The van der Waals surface area contributed by atoms with Gasteiger partial charge in [0.2, 0.25) is 0 Å². The molecule has 5 heteroatoms. The van der Waals surface area contributed by atoms with E-state index in [9.17, 15) is 4.79 Å². The molecular formula is C7H14ClNO3. The molecule has 72 valence electrons. The highest BCUT2D eigenvalue weighted by molar-refractivity contribution is 5.85. The van der Waals surface area contributed by atoms with Gasteiger partial charge >= 0.3 is 5.97 Å². The molecule has 0 spiro atoms. The standard InChI is InChI=1S/C7H13NO3.ClH/c1-7(11-2)4-8(5-7)3-6(9)10;/h3-5H2,1-2H3,(H,9,10);1H. The molecule has 0 aromatic carbocycles. The van der Waals surface area contributed by atoms with Gasteiger partial charge in [-0.25, -0.2) is 0 Å². The Bertz CT molecular complexity index is 168. The average molecular weight is 196 g/mol. The maximum absolute atomic E-state index is 10.2. The Morgan fingerprint density at radius 1 is 1.67 bits per heavy atom. The molecule has 0 saturated carbocycles. The molecule has 1 N–H and O–H groups in total. The van der Waals surface area contributed by atoms with Crippen molar-refractivity contribution in [3.8, 4) is 0 Å². The summed E-state index contributed by atoms with van der Waals surface area (Å²) in [6.07, 6.45) is 0. The molecule has 0 aromatic rings. The third-order valence-corrected chi connectivity index (χ3v) is 1.97. The molecule has 0 unspecified atom stereocenters. The van der Waals surface area contributed by atoms with Gasteiger partial charge in [-0.2, -0.15) is 0 Å². The number of carbonyl (C=O) groups is 1. The van der Waals surface area contributed by atoms with Crippen molar-refractivity contribution in [3.63, 3.8) is 0 Å². The molecule has 1 heterocycles. The number of hydrogen-bond acceptors (Lipinski definition) is 3. The minimum Gasteiger partial charge on any atom is -0.480 e. The molecule has 0 aliphatic carbocycles. The van der Waals surface area contributed by atoms with E-state index in [1.807, 2.05) is 11.8 Å². The third-order valence-electron chi connectivity index (χ3n) is 1.97. The molecule has 0 amide bonds. The minimum absolute atomic E-state index is 0. The van der Waals surface area contributed by atoms with Crippen molar-refractivity contribution in [1.82, 2.24) is 4.90 Å². The highest BCUT2D eigenvalue weighted by Gasteiger charge is 2.39. The molecule has 1 saturated heterocycles. The van der Waals surface area contributed by atoms with E-state index in [0.29, 0.717) is 0 Å². The largest absolute Gasteiger partial charge is 0.480 e. The summed E-state index contributed by atoms with van der Waals surface area (Å²) in [4.78, 5) is 12.1. The summed E-state index contributed by atoms with van der Waals surface area (Å²) in [5.74, 6) is -0.775. The molecule has 1 rings (SSSR count). The average Bonchev–Trinajstić information content (AvgIpc) is 1.83. The number of nitrogens with zero attached hydrogens (tertiary/aromatic N) is 1. The monoisotopic (exact) mass is 195 g/mol. The van der Waals surface area contributed by atoms with Gasteiger partial charge in [-0.05, 0) is 6.92 Å². The van der Waals surface area contributed by atoms with Crippen molar-refractivity contribution in [3.05, 3.63) is 0 Å².